The van der Waals surface area contributed by atoms with Crippen molar-refractivity contribution >= 4 is 31.6 Å². The van der Waals surface area contributed by atoms with Gasteiger partial charge in [0.05, 0.1) is 17.2 Å². The number of hydrogen-bond acceptors (Lipinski definition) is 4. The van der Waals surface area contributed by atoms with Crippen LogP contribution in [-0.4, -0.2) is 37.0 Å². The minimum Gasteiger partial charge on any atom is -0.396 e. The predicted octanol–water partition coefficient (Wildman–Crippen LogP) is 1.56. The Morgan fingerprint density at radius 1 is 1.47 bits per heavy atom. The minimum atomic E-state index is -3.85. The molecule has 19 heavy (non-hydrogen) atoms. The second kappa shape index (κ2) is 6.17. The van der Waals surface area contributed by atoms with Crippen LogP contribution in [0.4, 0.5) is 10.1 Å². The number of sulfonamides is 1. The van der Waals surface area contributed by atoms with Crippen LogP contribution in [0.1, 0.15) is 13.8 Å². The van der Waals surface area contributed by atoms with Gasteiger partial charge in [-0.1, -0.05) is 0 Å². The van der Waals surface area contributed by atoms with Crippen molar-refractivity contribution in [3.63, 3.8) is 0 Å². The van der Waals surface area contributed by atoms with Gasteiger partial charge in [-0.25, -0.2) is 12.8 Å². The molecule has 0 bridgehead atoms. The summed E-state index contributed by atoms with van der Waals surface area (Å²) >= 11 is 3.02. The second-order valence-electron chi connectivity index (χ2n) is 4.24. The Kier molecular flexibility index (Phi) is 5.31. The van der Waals surface area contributed by atoms with E-state index in [0.29, 0.717) is 0 Å². The van der Waals surface area contributed by atoms with E-state index in [1.165, 1.54) is 0 Å². The number of nitrogen functional groups attached to an aromatic ring is 1. The first-order valence-electron chi connectivity index (χ1n) is 5.59. The lowest BCUT2D eigenvalue weighted by Gasteiger charge is -2.25. The van der Waals surface area contributed by atoms with Gasteiger partial charge in [0.2, 0.25) is 10.0 Å². The molecular weight excluding hydrogens is 339 g/mol. The fourth-order valence-corrected chi connectivity index (χ4v) is 4.26. The summed E-state index contributed by atoms with van der Waals surface area (Å²) in [5.41, 5.74) is 5.17. The highest BCUT2D eigenvalue weighted by atomic mass is 79.9. The van der Waals surface area contributed by atoms with E-state index in [2.05, 4.69) is 15.9 Å². The van der Waals surface area contributed by atoms with E-state index in [9.17, 15) is 12.8 Å². The summed E-state index contributed by atoms with van der Waals surface area (Å²) in [5.74, 6) is -0.691. The zero-order chi connectivity index (χ0) is 14.8. The molecule has 1 rings (SSSR count). The van der Waals surface area contributed by atoms with Crippen LogP contribution in [0.2, 0.25) is 0 Å². The Bertz CT molecular complexity index is 563. The number of rotatable bonds is 5. The van der Waals surface area contributed by atoms with Crippen LogP contribution in [-0.2, 0) is 10.0 Å². The minimum absolute atomic E-state index is 0.0380. The summed E-state index contributed by atoms with van der Waals surface area (Å²) in [5, 5.41) is 8.96. The van der Waals surface area contributed by atoms with Crippen LogP contribution in [0, 0.1) is 5.82 Å². The van der Waals surface area contributed by atoms with Crippen LogP contribution >= 0.6 is 15.9 Å². The number of anilines is 1. The van der Waals surface area contributed by atoms with Crippen molar-refractivity contribution in [2.24, 2.45) is 0 Å². The summed E-state index contributed by atoms with van der Waals surface area (Å²) in [6.45, 7) is 3.04. The molecule has 5 nitrogen and oxygen atoms in total. The zero-order valence-corrected chi connectivity index (χ0v) is 13.0. The molecule has 0 unspecified atom stereocenters. The first-order chi connectivity index (χ1) is 8.71. The van der Waals surface area contributed by atoms with Crippen molar-refractivity contribution in [1.82, 2.24) is 4.31 Å². The molecule has 0 spiro atoms. The smallest absolute Gasteiger partial charge is 0.244 e. The molecule has 0 atom stereocenters. The van der Waals surface area contributed by atoms with Gasteiger partial charge < -0.3 is 10.8 Å². The van der Waals surface area contributed by atoms with E-state index in [4.69, 9.17) is 10.8 Å². The highest BCUT2D eigenvalue weighted by Crippen LogP contribution is 2.29. The number of nitrogens with zero attached hydrogens (tertiary/aromatic N) is 1. The highest BCUT2D eigenvalue weighted by Gasteiger charge is 2.29. The van der Waals surface area contributed by atoms with Crippen molar-refractivity contribution in [3.05, 3.63) is 22.4 Å². The lowest BCUT2D eigenvalue weighted by molar-refractivity contribution is 0.236. The van der Waals surface area contributed by atoms with Crippen LogP contribution in [0.5, 0.6) is 0 Å². The molecule has 0 aliphatic carbocycles. The highest BCUT2D eigenvalue weighted by molar-refractivity contribution is 9.10. The molecule has 108 valence electrons. The van der Waals surface area contributed by atoms with Crippen molar-refractivity contribution in [2.75, 3.05) is 18.9 Å². The average molecular weight is 355 g/mol. The second-order valence-corrected chi connectivity index (χ2v) is 6.95. The normalized spacial score (nSPS) is 12.4. The molecule has 0 saturated carbocycles. The predicted molar refractivity (Wildman–Crippen MR) is 74.6 cm³/mol. The molecule has 8 heteroatoms. The molecule has 0 aliphatic heterocycles. The molecule has 0 aliphatic rings. The Morgan fingerprint density at radius 3 is 2.53 bits per heavy atom. The van der Waals surface area contributed by atoms with Crippen LogP contribution < -0.4 is 5.73 Å². The number of aliphatic hydroxyl groups is 1. The summed E-state index contributed by atoms with van der Waals surface area (Å²) in [6.07, 6.45) is 0. The average Bonchev–Trinajstić information content (AvgIpc) is 2.29. The van der Waals surface area contributed by atoms with Crippen LogP contribution in [0.15, 0.2) is 21.5 Å². The van der Waals surface area contributed by atoms with E-state index < -0.39 is 15.8 Å². The third kappa shape index (κ3) is 3.44. The van der Waals surface area contributed by atoms with Crippen LogP contribution in [0.25, 0.3) is 0 Å². The third-order valence-electron chi connectivity index (χ3n) is 2.53. The molecule has 0 amide bonds. The summed E-state index contributed by atoms with van der Waals surface area (Å²) in [4.78, 5) is -0.117. The van der Waals surface area contributed by atoms with Gasteiger partial charge in [-0.15, -0.1) is 0 Å². The molecule has 1 aromatic rings. The van der Waals surface area contributed by atoms with Gasteiger partial charge in [0.15, 0.2) is 0 Å². The van der Waals surface area contributed by atoms with Gasteiger partial charge >= 0.3 is 0 Å². The van der Waals surface area contributed by atoms with Gasteiger partial charge in [0.25, 0.3) is 0 Å². The van der Waals surface area contributed by atoms with E-state index >= 15 is 0 Å². The van der Waals surface area contributed by atoms with Gasteiger partial charge in [-0.05, 0) is 41.9 Å². The van der Waals surface area contributed by atoms with Gasteiger partial charge in [-0.2, -0.15) is 4.31 Å². The fraction of sp³-hybridized carbons (Fsp3) is 0.455. The molecule has 0 saturated heterocycles. The Labute approximate surface area is 120 Å². The Morgan fingerprint density at radius 2 is 2.05 bits per heavy atom. The molecule has 0 heterocycles. The SMILES string of the molecule is CC(C)N(CCO)S(=O)(=O)c1cc(N)c(F)cc1Br. The standard InChI is InChI=1S/C11H16BrFN2O3S/c1-7(2)15(3-4-16)19(17,18)11-6-10(14)9(13)5-8(11)12/h5-7,16H,3-4,14H2,1-2H3. The van der Waals surface area contributed by atoms with Gasteiger partial charge in [0, 0.05) is 17.1 Å². The Hall–Kier alpha value is -0.700. The first-order valence-corrected chi connectivity index (χ1v) is 7.82. The number of halogens is 2. The Balaban J connectivity index is 3.37. The fourth-order valence-electron chi connectivity index (χ4n) is 1.62. The lowest BCUT2D eigenvalue weighted by Crippen LogP contribution is -2.39. The van der Waals surface area contributed by atoms with E-state index in [1.54, 1.807) is 13.8 Å². The number of nitrogens with two attached hydrogens (primary N) is 1. The number of hydrogen-bond donors (Lipinski definition) is 2. The van der Waals surface area contributed by atoms with Crippen LogP contribution in [0.3, 0.4) is 0 Å². The van der Waals surface area contributed by atoms with E-state index in [0.717, 1.165) is 16.4 Å². The lowest BCUT2D eigenvalue weighted by atomic mass is 10.3. The maximum Gasteiger partial charge on any atom is 0.244 e. The molecular formula is C11H16BrFN2O3S. The monoisotopic (exact) mass is 354 g/mol. The summed E-state index contributed by atoms with van der Waals surface area (Å²) < 4.78 is 39.4. The maximum absolute atomic E-state index is 13.3. The largest absolute Gasteiger partial charge is 0.396 e. The number of aliphatic hydroxyl groups excluding tert-OH is 1. The zero-order valence-electron chi connectivity index (χ0n) is 10.6. The number of benzene rings is 1. The van der Waals surface area contributed by atoms with Crippen molar-refractivity contribution < 1.29 is 17.9 Å². The van der Waals surface area contributed by atoms with Gasteiger partial charge in [0.1, 0.15) is 5.82 Å². The summed E-state index contributed by atoms with van der Waals surface area (Å²) in [6, 6.07) is 1.75. The molecule has 0 radical (unpaired) electrons. The molecule has 0 aromatic heterocycles. The van der Waals surface area contributed by atoms with Gasteiger partial charge in [-0.3, -0.25) is 0 Å². The maximum atomic E-state index is 13.3. The molecule has 1 aromatic carbocycles. The first kappa shape index (κ1) is 16.4. The molecule has 0 fully saturated rings. The van der Waals surface area contributed by atoms with E-state index in [1.807, 2.05) is 0 Å². The van der Waals surface area contributed by atoms with Crippen molar-refractivity contribution in [1.29, 1.82) is 0 Å². The third-order valence-corrected chi connectivity index (χ3v) is 5.57. The quantitative estimate of drug-likeness (QED) is 0.786. The van der Waals surface area contributed by atoms with Crippen molar-refractivity contribution in [2.45, 2.75) is 24.8 Å². The topological polar surface area (TPSA) is 83.6 Å². The molecule has 3 N–H and O–H groups in total. The van der Waals surface area contributed by atoms with Crippen molar-refractivity contribution in [3.8, 4) is 0 Å². The van der Waals surface area contributed by atoms with E-state index in [-0.39, 0.29) is 34.2 Å². The summed E-state index contributed by atoms with van der Waals surface area (Å²) in [7, 11) is -3.85.